The maximum Gasteiger partial charge on any atom is 0.312 e. The zero-order valence-corrected chi connectivity index (χ0v) is 27.2. The van der Waals surface area contributed by atoms with E-state index in [2.05, 4.69) is 5.32 Å². The minimum absolute atomic E-state index is 0.0922. The fourth-order valence-electron chi connectivity index (χ4n) is 4.66. The molecule has 9 heteroatoms. The van der Waals surface area contributed by atoms with E-state index in [1.165, 1.54) is 16.4 Å². The first-order chi connectivity index (χ1) is 20.8. The van der Waals surface area contributed by atoms with E-state index in [-0.39, 0.29) is 36.9 Å². The summed E-state index contributed by atoms with van der Waals surface area (Å²) in [6.07, 6.45) is -0.363. The molecule has 3 unspecified atom stereocenters. The van der Waals surface area contributed by atoms with Gasteiger partial charge in [0.15, 0.2) is 0 Å². The topological polar surface area (TPSA) is 113 Å². The smallest absolute Gasteiger partial charge is 0.312 e. The molecular weight excluding hydrogens is 576 g/mol. The Hall–Kier alpha value is -3.53. The van der Waals surface area contributed by atoms with Gasteiger partial charge in [-0.2, -0.15) is 4.31 Å². The third-order valence-corrected chi connectivity index (χ3v) is 9.91. The lowest BCUT2D eigenvalue weighted by atomic mass is 9.79. The van der Waals surface area contributed by atoms with Crippen LogP contribution in [0.2, 0.25) is 0 Å². The molecule has 44 heavy (non-hydrogen) atoms. The normalized spacial score (nSPS) is 14.2. The molecule has 0 aliphatic heterocycles. The van der Waals surface area contributed by atoms with Crippen molar-refractivity contribution >= 4 is 21.9 Å². The number of aliphatic hydroxyl groups is 1. The van der Waals surface area contributed by atoms with Gasteiger partial charge in [-0.1, -0.05) is 99.6 Å². The summed E-state index contributed by atoms with van der Waals surface area (Å²) in [6, 6.07) is 26.0. The van der Waals surface area contributed by atoms with Gasteiger partial charge in [-0.25, -0.2) is 8.42 Å². The van der Waals surface area contributed by atoms with Crippen LogP contribution in [-0.2, 0) is 37.4 Å². The summed E-state index contributed by atoms with van der Waals surface area (Å²) in [6.45, 7) is 9.09. The third kappa shape index (κ3) is 9.74. The number of ether oxygens (including phenoxy) is 1. The molecule has 0 fully saturated rings. The van der Waals surface area contributed by atoms with Gasteiger partial charge in [0.2, 0.25) is 15.9 Å². The summed E-state index contributed by atoms with van der Waals surface area (Å²) >= 11 is 0. The Morgan fingerprint density at radius 2 is 1.39 bits per heavy atom. The van der Waals surface area contributed by atoms with Gasteiger partial charge in [0.25, 0.3) is 0 Å². The monoisotopic (exact) mass is 622 g/mol. The Balaban J connectivity index is 1.81. The number of amides is 1. The Morgan fingerprint density at radius 1 is 0.864 bits per heavy atom. The quantitative estimate of drug-likeness (QED) is 0.212. The molecule has 0 radical (unpaired) electrons. The van der Waals surface area contributed by atoms with Crippen LogP contribution < -0.4 is 5.32 Å². The Bertz CT molecular complexity index is 1430. The Morgan fingerprint density at radius 3 is 1.93 bits per heavy atom. The summed E-state index contributed by atoms with van der Waals surface area (Å²) in [5.74, 6) is -1.52. The zero-order valence-electron chi connectivity index (χ0n) is 26.3. The number of nitrogens with one attached hydrogen (secondary N) is 1. The van der Waals surface area contributed by atoms with Crippen molar-refractivity contribution in [1.29, 1.82) is 0 Å². The number of aliphatic hydroxyl groups excluding tert-OH is 1. The number of sulfonamides is 1. The van der Waals surface area contributed by atoms with E-state index in [4.69, 9.17) is 4.74 Å². The Kier molecular flexibility index (Phi) is 12.7. The van der Waals surface area contributed by atoms with Gasteiger partial charge < -0.3 is 15.2 Å². The number of benzene rings is 3. The minimum Gasteiger partial charge on any atom is -0.460 e. The molecule has 1 amide bonds. The largest absolute Gasteiger partial charge is 0.460 e. The van der Waals surface area contributed by atoms with Crippen LogP contribution in [0.25, 0.3) is 0 Å². The molecule has 3 atom stereocenters. The number of esters is 1. The van der Waals surface area contributed by atoms with Gasteiger partial charge in [-0.05, 0) is 55.9 Å². The first-order valence-corrected chi connectivity index (χ1v) is 16.5. The van der Waals surface area contributed by atoms with Crippen LogP contribution in [0.5, 0.6) is 0 Å². The van der Waals surface area contributed by atoms with Crippen molar-refractivity contribution in [3.05, 3.63) is 102 Å². The lowest BCUT2D eigenvalue weighted by Crippen LogP contribution is -2.53. The Labute approximate surface area is 262 Å². The SMILES string of the molecule is CC(C)CCN(CC(O)C(Cc1ccccc1)NC(=O)C(C)C(C)(C)C(=O)OCc1ccccc1)S(=O)(=O)c1ccccc1. The van der Waals surface area contributed by atoms with Crippen molar-refractivity contribution < 1.29 is 27.9 Å². The average molecular weight is 623 g/mol. The maximum absolute atomic E-state index is 13.6. The van der Waals surface area contributed by atoms with Crippen LogP contribution in [0.15, 0.2) is 95.9 Å². The van der Waals surface area contributed by atoms with Crippen molar-refractivity contribution in [2.45, 2.75) is 71.1 Å². The second kappa shape index (κ2) is 16.0. The van der Waals surface area contributed by atoms with Crippen LogP contribution in [0.4, 0.5) is 0 Å². The first kappa shape index (κ1) is 35.0. The lowest BCUT2D eigenvalue weighted by molar-refractivity contribution is -0.161. The molecule has 8 nitrogen and oxygen atoms in total. The molecule has 0 saturated carbocycles. The van der Waals surface area contributed by atoms with Gasteiger partial charge in [0.1, 0.15) is 6.61 Å². The van der Waals surface area contributed by atoms with Crippen molar-refractivity contribution in [3.63, 3.8) is 0 Å². The molecule has 0 aromatic heterocycles. The second-order valence-electron chi connectivity index (χ2n) is 12.2. The van der Waals surface area contributed by atoms with Crippen molar-refractivity contribution in [1.82, 2.24) is 9.62 Å². The summed E-state index contributed by atoms with van der Waals surface area (Å²) in [7, 11) is -3.91. The maximum atomic E-state index is 13.6. The van der Waals surface area contributed by atoms with Crippen molar-refractivity contribution in [2.75, 3.05) is 13.1 Å². The van der Waals surface area contributed by atoms with Crippen molar-refractivity contribution in [2.24, 2.45) is 17.3 Å². The summed E-state index contributed by atoms with van der Waals surface area (Å²) in [4.78, 5) is 26.9. The van der Waals surface area contributed by atoms with Gasteiger partial charge in [-0.3, -0.25) is 9.59 Å². The number of hydrogen-bond donors (Lipinski definition) is 2. The van der Waals surface area contributed by atoms with Crippen LogP contribution in [-0.4, -0.2) is 54.9 Å². The highest BCUT2D eigenvalue weighted by molar-refractivity contribution is 7.89. The fraction of sp³-hybridized carbons (Fsp3) is 0.429. The predicted octanol–water partition coefficient (Wildman–Crippen LogP) is 5.22. The van der Waals surface area contributed by atoms with E-state index in [9.17, 15) is 23.1 Å². The van der Waals surface area contributed by atoms with Gasteiger partial charge in [0.05, 0.1) is 28.4 Å². The highest BCUT2D eigenvalue weighted by Crippen LogP contribution is 2.29. The number of rotatable bonds is 16. The van der Waals surface area contributed by atoms with Crippen LogP contribution in [0, 0.1) is 17.3 Å². The first-order valence-electron chi connectivity index (χ1n) is 15.1. The molecule has 238 valence electrons. The summed E-state index contributed by atoms with van der Waals surface area (Å²) < 4.78 is 34.1. The molecule has 0 bridgehead atoms. The number of carbonyl (C=O) groups is 2. The highest BCUT2D eigenvalue weighted by atomic mass is 32.2. The van der Waals surface area contributed by atoms with Crippen molar-refractivity contribution in [3.8, 4) is 0 Å². The molecule has 0 saturated heterocycles. The average Bonchev–Trinajstić information content (AvgIpc) is 3.02. The van der Waals surface area contributed by atoms with Gasteiger partial charge >= 0.3 is 5.97 Å². The van der Waals surface area contributed by atoms with E-state index in [1.807, 2.05) is 74.5 Å². The molecule has 0 aliphatic carbocycles. The minimum atomic E-state index is -3.91. The van der Waals surface area contributed by atoms with E-state index >= 15 is 0 Å². The summed E-state index contributed by atoms with van der Waals surface area (Å²) in [5, 5.41) is 14.5. The van der Waals surface area contributed by atoms with E-state index in [0.29, 0.717) is 6.42 Å². The fourth-order valence-corrected chi connectivity index (χ4v) is 6.16. The zero-order chi connectivity index (χ0) is 32.3. The molecule has 3 aromatic rings. The van der Waals surface area contributed by atoms with Gasteiger partial charge in [0, 0.05) is 13.1 Å². The van der Waals surface area contributed by atoms with Crippen LogP contribution in [0.3, 0.4) is 0 Å². The lowest BCUT2D eigenvalue weighted by Gasteiger charge is -2.33. The molecule has 0 spiro atoms. The van der Waals surface area contributed by atoms with Crippen LogP contribution >= 0.6 is 0 Å². The highest BCUT2D eigenvalue weighted by Gasteiger charge is 2.41. The van der Waals surface area contributed by atoms with E-state index in [1.54, 1.807) is 39.0 Å². The van der Waals surface area contributed by atoms with E-state index < -0.39 is 45.4 Å². The molecule has 3 aromatic carbocycles. The van der Waals surface area contributed by atoms with Crippen LogP contribution in [0.1, 0.15) is 52.2 Å². The third-order valence-electron chi connectivity index (χ3n) is 8.03. The van der Waals surface area contributed by atoms with E-state index in [0.717, 1.165) is 11.1 Å². The molecule has 0 heterocycles. The number of hydrogen-bond acceptors (Lipinski definition) is 6. The standard InChI is InChI=1S/C35H46N2O6S/c1-26(2)21-22-37(44(41,42)30-19-13-8-14-20-30)24-32(38)31(23-28-15-9-6-10-16-28)36-33(39)27(3)35(4,5)34(40)43-25-29-17-11-7-12-18-29/h6-20,26-27,31-32,38H,21-25H2,1-5H3,(H,36,39). The molecular formula is C35H46N2O6S. The molecule has 3 rings (SSSR count). The molecule has 2 N–H and O–H groups in total. The second-order valence-corrected chi connectivity index (χ2v) is 14.2. The molecule has 0 aliphatic rings. The van der Waals surface area contributed by atoms with Gasteiger partial charge in [-0.15, -0.1) is 0 Å². The number of carbonyl (C=O) groups excluding carboxylic acids is 2. The number of nitrogens with zero attached hydrogens (tertiary/aromatic N) is 1. The summed E-state index contributed by atoms with van der Waals surface area (Å²) in [5.41, 5.74) is 0.541. The predicted molar refractivity (Wildman–Crippen MR) is 172 cm³/mol.